The van der Waals surface area contributed by atoms with Crippen LogP contribution in [0.25, 0.3) is 0 Å². The predicted octanol–water partition coefficient (Wildman–Crippen LogP) is 1.57. The summed E-state index contributed by atoms with van der Waals surface area (Å²) < 4.78 is 47.0. The highest BCUT2D eigenvalue weighted by Crippen LogP contribution is 2.20. The molecule has 0 spiro atoms. The third-order valence-electron chi connectivity index (χ3n) is 2.38. The highest BCUT2D eigenvalue weighted by molar-refractivity contribution is 7.91. The van der Waals surface area contributed by atoms with E-state index in [0.29, 0.717) is 0 Å². The lowest BCUT2D eigenvalue weighted by Gasteiger charge is -2.13. The molecule has 0 saturated carbocycles. The monoisotopic (exact) mass is 303 g/mol. The molecule has 0 bridgehead atoms. The zero-order chi connectivity index (χ0) is 15.3. The van der Waals surface area contributed by atoms with E-state index < -0.39 is 32.5 Å². The molecule has 0 saturated heterocycles. The minimum absolute atomic E-state index is 0.0770. The van der Waals surface area contributed by atoms with Gasteiger partial charge in [0.1, 0.15) is 6.04 Å². The first kappa shape index (κ1) is 15.9. The lowest BCUT2D eigenvalue weighted by atomic mass is 10.2. The Morgan fingerprint density at radius 3 is 2.30 bits per heavy atom. The van der Waals surface area contributed by atoms with Crippen LogP contribution in [0.2, 0.25) is 0 Å². The third-order valence-corrected chi connectivity index (χ3v) is 3.78. The molecule has 1 aromatic carbocycles. The summed E-state index contributed by atoms with van der Waals surface area (Å²) in [6.07, 6.45) is 4.94. The van der Waals surface area contributed by atoms with E-state index in [2.05, 4.69) is 11.2 Å². The maximum atomic E-state index is 12.3. The van der Waals surface area contributed by atoms with Gasteiger partial charge >= 0.3 is 11.7 Å². The summed E-state index contributed by atoms with van der Waals surface area (Å²) in [5.74, 6) is -2.50. The van der Waals surface area contributed by atoms with Crippen molar-refractivity contribution in [2.75, 3.05) is 5.32 Å². The van der Waals surface area contributed by atoms with E-state index in [9.17, 15) is 22.0 Å². The van der Waals surface area contributed by atoms with Gasteiger partial charge in [-0.2, -0.15) is 8.78 Å². The van der Waals surface area contributed by atoms with Gasteiger partial charge in [-0.25, -0.2) is 13.2 Å². The number of carboxylic acid groups (broad SMARTS) is 1. The van der Waals surface area contributed by atoms with Crippen molar-refractivity contribution in [1.82, 2.24) is 0 Å². The quantitative estimate of drug-likeness (QED) is 0.779. The standard InChI is InChI=1S/C12H11F2NO4S/c1-2-3-10(11(16)17)15-8-4-6-9(7-5-8)20(18,19)12(13)14/h1,4-7,10,12,15H,3H2,(H,16,17). The van der Waals surface area contributed by atoms with Crippen molar-refractivity contribution in [3.63, 3.8) is 0 Å². The number of anilines is 1. The van der Waals surface area contributed by atoms with Crippen LogP contribution in [0, 0.1) is 12.3 Å². The zero-order valence-electron chi connectivity index (χ0n) is 10.1. The normalized spacial score (nSPS) is 12.7. The van der Waals surface area contributed by atoms with Gasteiger partial charge in [0.25, 0.3) is 0 Å². The molecule has 1 aromatic rings. The molecule has 0 radical (unpaired) electrons. The first-order valence-electron chi connectivity index (χ1n) is 5.34. The van der Waals surface area contributed by atoms with Crippen molar-refractivity contribution in [2.45, 2.75) is 23.1 Å². The number of rotatable bonds is 6. The molecule has 5 nitrogen and oxygen atoms in total. The average molecular weight is 303 g/mol. The van der Waals surface area contributed by atoms with Crippen LogP contribution < -0.4 is 5.32 Å². The van der Waals surface area contributed by atoms with Gasteiger partial charge < -0.3 is 10.4 Å². The predicted molar refractivity (Wildman–Crippen MR) is 68.1 cm³/mol. The number of sulfone groups is 1. The van der Waals surface area contributed by atoms with Crippen LogP contribution in [0.5, 0.6) is 0 Å². The smallest absolute Gasteiger partial charge is 0.341 e. The molecular weight excluding hydrogens is 292 g/mol. The van der Waals surface area contributed by atoms with E-state index >= 15 is 0 Å². The third kappa shape index (κ3) is 3.68. The summed E-state index contributed by atoms with van der Waals surface area (Å²) in [7, 11) is -4.66. The fourth-order valence-electron chi connectivity index (χ4n) is 1.36. The number of halogens is 2. The van der Waals surface area contributed by atoms with Crippen molar-refractivity contribution >= 4 is 21.5 Å². The van der Waals surface area contributed by atoms with Crippen molar-refractivity contribution in [1.29, 1.82) is 0 Å². The fourth-order valence-corrected chi connectivity index (χ4v) is 2.08. The second kappa shape index (κ2) is 6.34. The molecule has 108 valence electrons. The molecule has 0 heterocycles. The lowest BCUT2D eigenvalue weighted by molar-refractivity contribution is -0.137. The Hall–Kier alpha value is -2.14. The summed E-state index contributed by atoms with van der Waals surface area (Å²) in [6, 6.07) is 3.29. The molecule has 0 amide bonds. The summed E-state index contributed by atoms with van der Waals surface area (Å²) >= 11 is 0. The van der Waals surface area contributed by atoms with Crippen molar-refractivity contribution in [2.24, 2.45) is 0 Å². The van der Waals surface area contributed by atoms with Crippen LogP contribution in [-0.4, -0.2) is 31.3 Å². The van der Waals surface area contributed by atoms with Crippen LogP contribution in [0.4, 0.5) is 14.5 Å². The molecule has 0 aromatic heterocycles. The Balaban J connectivity index is 2.93. The topological polar surface area (TPSA) is 83.5 Å². The van der Waals surface area contributed by atoms with E-state index in [1.807, 2.05) is 0 Å². The van der Waals surface area contributed by atoms with Gasteiger partial charge in [0.2, 0.25) is 9.84 Å². The molecule has 1 rings (SSSR count). The number of carboxylic acids is 1. The minimum Gasteiger partial charge on any atom is -0.480 e. The van der Waals surface area contributed by atoms with Gasteiger partial charge in [0.05, 0.1) is 4.90 Å². The fraction of sp³-hybridized carbons (Fsp3) is 0.250. The molecular formula is C12H11F2NO4S. The maximum absolute atomic E-state index is 12.3. The van der Waals surface area contributed by atoms with Gasteiger partial charge in [0, 0.05) is 12.1 Å². The van der Waals surface area contributed by atoms with E-state index in [1.165, 1.54) is 12.1 Å². The number of benzene rings is 1. The average Bonchev–Trinajstić information content (AvgIpc) is 2.38. The Labute approximate surface area is 114 Å². The minimum atomic E-state index is -4.66. The SMILES string of the molecule is C#CCC(Nc1ccc(S(=O)(=O)C(F)F)cc1)C(=O)O. The molecule has 0 aliphatic heterocycles. The van der Waals surface area contributed by atoms with Crippen LogP contribution in [0.1, 0.15) is 6.42 Å². The zero-order valence-corrected chi connectivity index (χ0v) is 10.9. The van der Waals surface area contributed by atoms with Crippen LogP contribution >= 0.6 is 0 Å². The van der Waals surface area contributed by atoms with E-state index in [1.54, 1.807) is 0 Å². The maximum Gasteiger partial charge on any atom is 0.341 e. The molecule has 1 unspecified atom stereocenters. The number of nitrogens with one attached hydrogen (secondary N) is 1. The molecule has 2 N–H and O–H groups in total. The summed E-state index contributed by atoms with van der Waals surface area (Å²) in [5, 5.41) is 11.4. The van der Waals surface area contributed by atoms with E-state index in [-0.39, 0.29) is 12.1 Å². The number of terminal acetylenes is 1. The molecule has 1 atom stereocenters. The van der Waals surface area contributed by atoms with Gasteiger partial charge in [-0.3, -0.25) is 0 Å². The second-order valence-corrected chi connectivity index (χ2v) is 5.69. The summed E-state index contributed by atoms with van der Waals surface area (Å²) in [4.78, 5) is 10.3. The van der Waals surface area contributed by atoms with Crippen LogP contribution in [-0.2, 0) is 14.6 Å². The van der Waals surface area contributed by atoms with Crippen LogP contribution in [0.3, 0.4) is 0 Å². The number of alkyl halides is 2. The van der Waals surface area contributed by atoms with Gasteiger partial charge in [0.15, 0.2) is 0 Å². The number of hydrogen-bond donors (Lipinski definition) is 2. The summed E-state index contributed by atoms with van der Waals surface area (Å²) in [6.45, 7) is 0. The Morgan fingerprint density at radius 2 is 1.90 bits per heavy atom. The molecule has 0 aliphatic carbocycles. The van der Waals surface area contributed by atoms with Crippen molar-refractivity contribution in [3.8, 4) is 12.3 Å². The van der Waals surface area contributed by atoms with E-state index in [0.717, 1.165) is 12.1 Å². The molecule has 0 aliphatic rings. The van der Waals surface area contributed by atoms with Gasteiger partial charge in [-0.15, -0.1) is 12.3 Å². The number of hydrogen-bond acceptors (Lipinski definition) is 4. The molecule has 8 heteroatoms. The van der Waals surface area contributed by atoms with E-state index in [4.69, 9.17) is 11.5 Å². The lowest BCUT2D eigenvalue weighted by Crippen LogP contribution is -2.28. The molecule has 20 heavy (non-hydrogen) atoms. The Bertz CT molecular complexity index is 620. The first-order valence-corrected chi connectivity index (χ1v) is 6.88. The molecule has 0 fully saturated rings. The Kier molecular flexibility index (Phi) is 5.05. The summed E-state index contributed by atoms with van der Waals surface area (Å²) in [5.41, 5.74) is 0.265. The van der Waals surface area contributed by atoms with Gasteiger partial charge in [-0.1, -0.05) is 0 Å². The Morgan fingerprint density at radius 1 is 1.35 bits per heavy atom. The second-order valence-electron chi connectivity index (χ2n) is 3.77. The number of carbonyl (C=O) groups is 1. The van der Waals surface area contributed by atoms with Crippen molar-refractivity contribution < 1.29 is 27.1 Å². The highest BCUT2D eigenvalue weighted by Gasteiger charge is 2.26. The van der Waals surface area contributed by atoms with Crippen molar-refractivity contribution in [3.05, 3.63) is 24.3 Å². The first-order chi connectivity index (χ1) is 9.28. The van der Waals surface area contributed by atoms with Gasteiger partial charge in [-0.05, 0) is 24.3 Å². The number of aliphatic carboxylic acids is 1. The largest absolute Gasteiger partial charge is 0.480 e. The highest BCUT2D eigenvalue weighted by atomic mass is 32.2. The van der Waals surface area contributed by atoms with Crippen LogP contribution in [0.15, 0.2) is 29.2 Å².